The number of piperidine rings is 1. The van der Waals surface area contributed by atoms with Crippen LogP contribution in [-0.2, 0) is 4.79 Å². The van der Waals surface area contributed by atoms with Crippen LogP contribution in [-0.4, -0.2) is 60.5 Å². The molecule has 0 aromatic heterocycles. The van der Waals surface area contributed by atoms with Crippen LogP contribution in [0.4, 0.5) is 4.79 Å². The van der Waals surface area contributed by atoms with Gasteiger partial charge in [-0.3, -0.25) is 4.79 Å². The van der Waals surface area contributed by atoms with E-state index in [9.17, 15) is 9.59 Å². The predicted molar refractivity (Wildman–Crippen MR) is 93.4 cm³/mol. The molecule has 3 rings (SSSR count). The maximum Gasteiger partial charge on any atom is 0.320 e. The number of urea groups is 1. The fourth-order valence-corrected chi connectivity index (χ4v) is 4.45. The van der Waals surface area contributed by atoms with E-state index in [-0.39, 0.29) is 23.9 Å². The summed E-state index contributed by atoms with van der Waals surface area (Å²) in [5.74, 6) is 0.471. The molecule has 3 unspecified atom stereocenters. The van der Waals surface area contributed by atoms with Crippen molar-refractivity contribution in [2.24, 2.45) is 17.6 Å². The zero-order chi connectivity index (χ0) is 16.9. The molecule has 1 saturated carbocycles. The Morgan fingerprint density at radius 1 is 0.917 bits per heavy atom. The Morgan fingerprint density at radius 2 is 1.62 bits per heavy atom. The Labute approximate surface area is 145 Å². The Kier molecular flexibility index (Phi) is 5.98. The molecule has 136 valence electrons. The van der Waals surface area contributed by atoms with E-state index in [2.05, 4.69) is 5.32 Å². The molecule has 0 radical (unpaired) electrons. The van der Waals surface area contributed by atoms with Crippen molar-refractivity contribution in [3.8, 4) is 0 Å². The number of likely N-dealkylation sites (tertiary alicyclic amines) is 2. The first-order valence-corrected chi connectivity index (χ1v) is 9.73. The quantitative estimate of drug-likeness (QED) is 0.821. The van der Waals surface area contributed by atoms with Gasteiger partial charge in [0.15, 0.2) is 0 Å². The average Bonchev–Trinajstić information content (AvgIpc) is 3.16. The lowest BCUT2D eigenvalue weighted by atomic mass is 9.84. The number of nitrogens with zero attached hydrogens (tertiary/aromatic N) is 2. The largest absolute Gasteiger partial charge is 0.353 e. The van der Waals surface area contributed by atoms with Crippen molar-refractivity contribution in [3.63, 3.8) is 0 Å². The first kappa shape index (κ1) is 17.5. The molecular formula is C18H32N4O2. The lowest BCUT2D eigenvalue weighted by Crippen LogP contribution is -2.52. The van der Waals surface area contributed by atoms with Gasteiger partial charge in [0.2, 0.25) is 5.91 Å². The Hall–Kier alpha value is -1.30. The Balaban J connectivity index is 1.53. The van der Waals surface area contributed by atoms with Crippen molar-refractivity contribution in [2.75, 3.05) is 32.7 Å². The van der Waals surface area contributed by atoms with Gasteiger partial charge in [-0.2, -0.15) is 0 Å². The predicted octanol–water partition coefficient (Wildman–Crippen LogP) is 1.55. The van der Waals surface area contributed by atoms with Gasteiger partial charge in [0.1, 0.15) is 0 Å². The van der Waals surface area contributed by atoms with Crippen LogP contribution in [0, 0.1) is 11.8 Å². The van der Waals surface area contributed by atoms with Crippen LogP contribution in [0.5, 0.6) is 0 Å². The molecule has 0 aromatic rings. The van der Waals surface area contributed by atoms with Crippen molar-refractivity contribution in [1.82, 2.24) is 15.1 Å². The van der Waals surface area contributed by atoms with E-state index in [1.54, 1.807) is 0 Å². The van der Waals surface area contributed by atoms with E-state index >= 15 is 0 Å². The lowest BCUT2D eigenvalue weighted by molar-refractivity contribution is -0.127. The highest BCUT2D eigenvalue weighted by atomic mass is 16.2. The van der Waals surface area contributed by atoms with E-state index in [1.165, 1.54) is 12.8 Å². The zero-order valence-corrected chi connectivity index (χ0v) is 14.7. The molecule has 3 amide bonds. The maximum atomic E-state index is 12.7. The highest BCUT2D eigenvalue weighted by Crippen LogP contribution is 2.25. The molecule has 1 aliphatic carbocycles. The van der Waals surface area contributed by atoms with Gasteiger partial charge in [0, 0.05) is 32.2 Å². The van der Waals surface area contributed by atoms with Gasteiger partial charge in [-0.15, -0.1) is 0 Å². The molecule has 6 heteroatoms. The van der Waals surface area contributed by atoms with Crippen LogP contribution in [0.3, 0.4) is 0 Å². The van der Waals surface area contributed by atoms with Crippen LogP contribution in [0.15, 0.2) is 0 Å². The molecule has 0 spiro atoms. The van der Waals surface area contributed by atoms with Gasteiger partial charge in [0.05, 0.1) is 5.92 Å². The number of carbonyl (C=O) groups is 2. The summed E-state index contributed by atoms with van der Waals surface area (Å²) in [4.78, 5) is 29.1. The fraction of sp³-hybridized carbons (Fsp3) is 0.889. The summed E-state index contributed by atoms with van der Waals surface area (Å²) >= 11 is 0. The monoisotopic (exact) mass is 336 g/mol. The number of amides is 3. The van der Waals surface area contributed by atoms with Crippen molar-refractivity contribution < 1.29 is 9.59 Å². The minimum Gasteiger partial charge on any atom is -0.353 e. The molecule has 3 N–H and O–H groups in total. The molecule has 6 nitrogen and oxygen atoms in total. The van der Waals surface area contributed by atoms with E-state index in [4.69, 9.17) is 5.73 Å². The first-order chi connectivity index (χ1) is 11.7. The van der Waals surface area contributed by atoms with E-state index in [1.807, 2.05) is 9.80 Å². The minimum atomic E-state index is -0.0642. The molecule has 2 aliphatic heterocycles. The van der Waals surface area contributed by atoms with Gasteiger partial charge in [-0.05, 0) is 51.0 Å². The van der Waals surface area contributed by atoms with Crippen molar-refractivity contribution in [1.29, 1.82) is 0 Å². The standard InChI is InChI=1S/C18H32N4O2/c19-12-14-6-1-2-8-16(14)20-17(23)15-7-5-11-22(13-15)18(24)21-9-3-4-10-21/h14-16H,1-13,19H2,(H,20,23). The lowest BCUT2D eigenvalue weighted by Gasteiger charge is -2.37. The SMILES string of the molecule is NCC1CCCCC1NC(=O)C1CCCN(C(=O)N2CCCC2)C1. The molecule has 0 bridgehead atoms. The third kappa shape index (κ3) is 4.02. The van der Waals surface area contributed by atoms with Crippen LogP contribution in [0.2, 0.25) is 0 Å². The van der Waals surface area contributed by atoms with Gasteiger partial charge >= 0.3 is 6.03 Å². The molecule has 24 heavy (non-hydrogen) atoms. The average molecular weight is 336 g/mol. The van der Waals surface area contributed by atoms with Gasteiger partial charge in [0.25, 0.3) is 0 Å². The molecule has 0 aromatic carbocycles. The highest BCUT2D eigenvalue weighted by Gasteiger charge is 2.33. The normalized spacial score (nSPS) is 31.1. The Bertz CT molecular complexity index is 450. The Morgan fingerprint density at radius 3 is 2.38 bits per heavy atom. The van der Waals surface area contributed by atoms with Crippen molar-refractivity contribution in [3.05, 3.63) is 0 Å². The van der Waals surface area contributed by atoms with Crippen LogP contribution in [0.1, 0.15) is 51.4 Å². The summed E-state index contributed by atoms with van der Waals surface area (Å²) in [7, 11) is 0. The molecular weight excluding hydrogens is 304 g/mol. The van der Waals surface area contributed by atoms with E-state index in [0.29, 0.717) is 19.0 Å². The van der Waals surface area contributed by atoms with Gasteiger partial charge in [-0.1, -0.05) is 12.8 Å². The van der Waals surface area contributed by atoms with E-state index in [0.717, 1.165) is 58.2 Å². The van der Waals surface area contributed by atoms with Crippen LogP contribution < -0.4 is 11.1 Å². The summed E-state index contributed by atoms with van der Waals surface area (Å²) in [5, 5.41) is 3.25. The molecule has 3 aliphatic rings. The van der Waals surface area contributed by atoms with Crippen LogP contribution in [0.25, 0.3) is 0 Å². The first-order valence-electron chi connectivity index (χ1n) is 9.73. The number of nitrogens with two attached hydrogens (primary N) is 1. The third-order valence-electron chi connectivity index (χ3n) is 5.98. The molecule has 2 heterocycles. The van der Waals surface area contributed by atoms with Gasteiger partial charge in [-0.25, -0.2) is 4.79 Å². The molecule has 3 atom stereocenters. The summed E-state index contributed by atoms with van der Waals surface area (Å²) in [5.41, 5.74) is 5.87. The summed E-state index contributed by atoms with van der Waals surface area (Å²) in [6, 6.07) is 0.350. The number of nitrogens with one attached hydrogen (secondary N) is 1. The van der Waals surface area contributed by atoms with Crippen LogP contribution >= 0.6 is 0 Å². The maximum absolute atomic E-state index is 12.7. The number of hydrogen-bond donors (Lipinski definition) is 2. The third-order valence-corrected chi connectivity index (χ3v) is 5.98. The topological polar surface area (TPSA) is 78.7 Å². The molecule has 2 saturated heterocycles. The fourth-order valence-electron chi connectivity index (χ4n) is 4.45. The smallest absolute Gasteiger partial charge is 0.320 e. The zero-order valence-electron chi connectivity index (χ0n) is 14.7. The molecule has 3 fully saturated rings. The van der Waals surface area contributed by atoms with E-state index < -0.39 is 0 Å². The highest BCUT2D eigenvalue weighted by molar-refractivity contribution is 5.81. The summed E-state index contributed by atoms with van der Waals surface area (Å²) in [6.07, 6.45) is 8.56. The number of carbonyl (C=O) groups excluding carboxylic acids is 2. The second kappa shape index (κ2) is 8.19. The summed E-state index contributed by atoms with van der Waals surface area (Å²) < 4.78 is 0. The number of rotatable bonds is 3. The van der Waals surface area contributed by atoms with Crippen molar-refractivity contribution >= 4 is 11.9 Å². The summed E-state index contributed by atoms with van der Waals surface area (Å²) in [6.45, 7) is 3.74. The number of hydrogen-bond acceptors (Lipinski definition) is 3. The van der Waals surface area contributed by atoms with Gasteiger partial charge < -0.3 is 20.9 Å². The second-order valence-electron chi connectivity index (χ2n) is 7.66. The second-order valence-corrected chi connectivity index (χ2v) is 7.66. The minimum absolute atomic E-state index is 0.0642. The van der Waals surface area contributed by atoms with Crippen molar-refractivity contribution in [2.45, 2.75) is 57.4 Å².